The predicted molar refractivity (Wildman–Crippen MR) is 92.2 cm³/mol. The fourth-order valence-corrected chi connectivity index (χ4v) is 2.60. The Morgan fingerprint density at radius 3 is 2.47 bits per heavy atom. The lowest BCUT2D eigenvalue weighted by molar-refractivity contribution is 0.591. The van der Waals surface area contributed by atoms with Crippen molar-refractivity contribution < 1.29 is 0 Å². The first-order chi connectivity index (χ1) is 9.17. The molecule has 0 saturated carbocycles. The summed E-state index contributed by atoms with van der Waals surface area (Å²) in [7, 11) is 0. The normalized spacial score (nSPS) is 23.1. The molecule has 19 heavy (non-hydrogen) atoms. The number of hydrogen-bond acceptors (Lipinski definition) is 2. The van der Waals surface area contributed by atoms with E-state index in [2.05, 4.69) is 44.5 Å². The van der Waals surface area contributed by atoms with E-state index in [1.807, 2.05) is 37.1 Å². The van der Waals surface area contributed by atoms with Crippen molar-refractivity contribution in [3.63, 3.8) is 0 Å². The zero-order valence-corrected chi connectivity index (χ0v) is 13.7. The third kappa shape index (κ3) is 9.77. The molecule has 0 aliphatic heterocycles. The second-order valence-electron chi connectivity index (χ2n) is 4.72. The molecule has 0 aromatic carbocycles. The van der Waals surface area contributed by atoms with Gasteiger partial charge in [0, 0.05) is 22.9 Å². The van der Waals surface area contributed by atoms with Gasteiger partial charge in [-0.2, -0.15) is 0 Å². The van der Waals surface area contributed by atoms with E-state index in [1.165, 1.54) is 24.2 Å². The summed E-state index contributed by atoms with van der Waals surface area (Å²) in [6, 6.07) is 0. The van der Waals surface area contributed by atoms with Crippen LogP contribution in [0.2, 0.25) is 0 Å². The first-order valence-electron chi connectivity index (χ1n) is 7.35. The van der Waals surface area contributed by atoms with Crippen LogP contribution in [0.4, 0.5) is 0 Å². The van der Waals surface area contributed by atoms with Crippen LogP contribution in [-0.4, -0.2) is 18.0 Å². The third-order valence-corrected chi connectivity index (χ3v) is 3.85. The molecule has 0 aromatic rings. The minimum atomic E-state index is 0.607. The first-order valence-corrected chi connectivity index (χ1v) is 8.23. The second kappa shape index (κ2) is 12.3. The van der Waals surface area contributed by atoms with E-state index in [4.69, 9.17) is 0 Å². The predicted octanol–water partition coefficient (Wildman–Crippen LogP) is 5.65. The highest BCUT2D eigenvalue weighted by Gasteiger charge is 2.13. The number of aliphatic imine (C=N–C) groups is 1. The minimum absolute atomic E-state index is 0.607. The van der Waals surface area contributed by atoms with E-state index in [-0.39, 0.29) is 0 Å². The Labute approximate surface area is 124 Å². The maximum Gasteiger partial charge on any atom is 0.0360 e. The maximum atomic E-state index is 4.18. The molecule has 2 unspecified atom stereocenters. The molecular weight excluding hydrogens is 250 g/mol. The average molecular weight is 279 g/mol. The monoisotopic (exact) mass is 279 g/mol. The molecule has 2 heteroatoms. The Balaban J connectivity index is 0.000000982. The highest BCUT2D eigenvalue weighted by Crippen LogP contribution is 2.31. The Bertz CT molecular complexity index is 315. The highest BCUT2D eigenvalue weighted by molar-refractivity contribution is 8.04. The number of allylic oxidation sites excluding steroid dienone is 3. The summed E-state index contributed by atoms with van der Waals surface area (Å²) in [5.74, 6) is 0.745. The molecule has 1 nitrogen and oxygen atoms in total. The van der Waals surface area contributed by atoms with Crippen LogP contribution < -0.4 is 0 Å². The van der Waals surface area contributed by atoms with E-state index in [9.17, 15) is 0 Å². The second-order valence-corrected chi connectivity index (χ2v) is 6.04. The Hall–Kier alpha value is -0.760. The summed E-state index contributed by atoms with van der Waals surface area (Å²) in [5, 5.41) is 0.607. The lowest BCUT2D eigenvalue weighted by atomic mass is 9.98. The molecule has 1 aliphatic rings. The van der Waals surface area contributed by atoms with Gasteiger partial charge in [0.05, 0.1) is 0 Å². The lowest BCUT2D eigenvalue weighted by Crippen LogP contribution is -2.07. The van der Waals surface area contributed by atoms with Gasteiger partial charge in [-0.3, -0.25) is 4.99 Å². The quantitative estimate of drug-likeness (QED) is 0.360. The van der Waals surface area contributed by atoms with Crippen molar-refractivity contribution in [1.29, 1.82) is 0 Å². The zero-order chi connectivity index (χ0) is 14.5. The SMILES string of the molecule is C=C/C(=C\C=NCC)SC1C=CC(C)CC1.CCC. The van der Waals surface area contributed by atoms with Gasteiger partial charge in [0.25, 0.3) is 0 Å². The summed E-state index contributed by atoms with van der Waals surface area (Å²) >= 11 is 1.88. The van der Waals surface area contributed by atoms with Crippen molar-refractivity contribution in [3.05, 3.63) is 35.8 Å². The minimum Gasteiger partial charge on any atom is -0.293 e. The molecule has 0 fully saturated rings. The molecule has 2 atom stereocenters. The number of thioether (sulfide) groups is 1. The van der Waals surface area contributed by atoms with Gasteiger partial charge in [-0.05, 0) is 31.8 Å². The summed E-state index contributed by atoms with van der Waals surface area (Å²) < 4.78 is 0. The highest BCUT2D eigenvalue weighted by atomic mass is 32.2. The van der Waals surface area contributed by atoms with Gasteiger partial charge in [0.1, 0.15) is 0 Å². The van der Waals surface area contributed by atoms with Gasteiger partial charge in [-0.15, -0.1) is 11.8 Å². The van der Waals surface area contributed by atoms with Crippen LogP contribution in [0.3, 0.4) is 0 Å². The number of rotatable bonds is 5. The molecule has 0 amide bonds. The Morgan fingerprint density at radius 1 is 1.32 bits per heavy atom. The van der Waals surface area contributed by atoms with E-state index in [1.54, 1.807) is 0 Å². The lowest BCUT2D eigenvalue weighted by Gasteiger charge is -2.19. The smallest absolute Gasteiger partial charge is 0.0360 e. The number of hydrogen-bond donors (Lipinski definition) is 0. The van der Waals surface area contributed by atoms with E-state index < -0.39 is 0 Å². The van der Waals surface area contributed by atoms with Crippen molar-refractivity contribution in [2.24, 2.45) is 10.9 Å². The Morgan fingerprint density at radius 2 is 2.00 bits per heavy atom. The standard InChI is InChI=1S/C14H21NS.C3H8/c1-4-13(10-11-15-5-2)16-14-8-6-12(3)7-9-14;1-3-2/h4,6,8,10-12,14H,1,5,7,9H2,2-3H3;3H2,1-2H3/b13-10+,15-11?;. The van der Waals surface area contributed by atoms with Crippen molar-refractivity contribution in [2.75, 3.05) is 6.54 Å². The fraction of sp³-hybridized carbons (Fsp3) is 0.588. The topological polar surface area (TPSA) is 12.4 Å². The third-order valence-electron chi connectivity index (χ3n) is 2.58. The summed E-state index contributed by atoms with van der Waals surface area (Å²) in [6.45, 7) is 13.2. The van der Waals surface area contributed by atoms with Gasteiger partial charge in [-0.25, -0.2) is 0 Å². The molecule has 0 heterocycles. The average Bonchev–Trinajstić information content (AvgIpc) is 2.41. The fourth-order valence-electron chi connectivity index (χ4n) is 1.59. The molecule has 1 rings (SSSR count). The van der Waals surface area contributed by atoms with Crippen molar-refractivity contribution in [3.8, 4) is 0 Å². The van der Waals surface area contributed by atoms with Crippen molar-refractivity contribution >= 4 is 18.0 Å². The molecule has 0 saturated heterocycles. The molecule has 0 aromatic heterocycles. The summed E-state index contributed by atoms with van der Waals surface area (Å²) in [6.07, 6.45) is 14.3. The van der Waals surface area contributed by atoms with Gasteiger partial charge < -0.3 is 0 Å². The van der Waals surface area contributed by atoms with Crippen LogP contribution in [0, 0.1) is 5.92 Å². The van der Waals surface area contributed by atoms with E-state index in [0.717, 1.165) is 12.5 Å². The van der Waals surface area contributed by atoms with E-state index in [0.29, 0.717) is 5.25 Å². The van der Waals surface area contributed by atoms with Crippen LogP contribution in [0.15, 0.2) is 40.8 Å². The van der Waals surface area contributed by atoms with E-state index >= 15 is 0 Å². The van der Waals surface area contributed by atoms with Gasteiger partial charge >= 0.3 is 0 Å². The molecule has 0 bridgehead atoms. The van der Waals surface area contributed by atoms with Gasteiger partial charge in [0.2, 0.25) is 0 Å². The molecule has 108 valence electrons. The molecule has 0 N–H and O–H groups in total. The van der Waals surface area contributed by atoms with Crippen LogP contribution in [0.25, 0.3) is 0 Å². The van der Waals surface area contributed by atoms with Crippen LogP contribution in [0.5, 0.6) is 0 Å². The van der Waals surface area contributed by atoms with Crippen LogP contribution in [-0.2, 0) is 0 Å². The largest absolute Gasteiger partial charge is 0.293 e. The zero-order valence-electron chi connectivity index (χ0n) is 12.9. The Kier molecular flexibility index (Phi) is 11.8. The van der Waals surface area contributed by atoms with Crippen LogP contribution >= 0.6 is 11.8 Å². The summed E-state index contributed by atoms with van der Waals surface area (Å²) in [5.41, 5.74) is 0. The molecule has 0 radical (unpaired) electrons. The van der Waals surface area contributed by atoms with Gasteiger partial charge in [-0.1, -0.05) is 52.0 Å². The van der Waals surface area contributed by atoms with Gasteiger partial charge in [0.15, 0.2) is 0 Å². The maximum absolute atomic E-state index is 4.18. The molecular formula is C17H29NS. The summed E-state index contributed by atoms with van der Waals surface area (Å²) in [4.78, 5) is 5.39. The molecule has 0 spiro atoms. The molecule has 1 aliphatic carbocycles. The van der Waals surface area contributed by atoms with Crippen molar-refractivity contribution in [2.45, 2.75) is 52.2 Å². The first kappa shape index (κ1) is 18.2. The van der Waals surface area contributed by atoms with Crippen molar-refractivity contribution in [1.82, 2.24) is 0 Å². The number of nitrogens with zero attached hydrogens (tertiary/aromatic N) is 1. The van der Waals surface area contributed by atoms with Crippen LogP contribution in [0.1, 0.15) is 47.0 Å².